The molecule has 3 rings (SSSR count). The van der Waals surface area contributed by atoms with E-state index < -0.39 is 41.6 Å². The van der Waals surface area contributed by atoms with Crippen molar-refractivity contribution in [3.05, 3.63) is 41.0 Å². The zero-order chi connectivity index (χ0) is 23.4. The van der Waals surface area contributed by atoms with Crippen molar-refractivity contribution in [2.45, 2.75) is 51.8 Å². The number of aromatic nitrogens is 3. The summed E-state index contributed by atoms with van der Waals surface area (Å²) in [6.07, 6.45) is -2.30. The summed E-state index contributed by atoms with van der Waals surface area (Å²) in [5, 5.41) is 6.24. The second-order valence-electron chi connectivity index (χ2n) is 7.29. The van der Waals surface area contributed by atoms with E-state index in [1.54, 1.807) is 13.0 Å². The van der Waals surface area contributed by atoms with Crippen molar-refractivity contribution < 1.29 is 31.5 Å². The van der Waals surface area contributed by atoms with Gasteiger partial charge in [-0.3, -0.25) is 19.3 Å². The van der Waals surface area contributed by atoms with Crippen LogP contribution in [0.2, 0.25) is 0 Å². The van der Waals surface area contributed by atoms with Gasteiger partial charge in [-0.25, -0.2) is 8.78 Å². The first-order valence-corrected chi connectivity index (χ1v) is 9.28. The van der Waals surface area contributed by atoms with Crippen molar-refractivity contribution in [1.82, 2.24) is 14.8 Å². The Labute approximate surface area is 174 Å². The molecule has 1 aliphatic rings. The van der Waals surface area contributed by atoms with Crippen LogP contribution < -0.4 is 11.1 Å². The van der Waals surface area contributed by atoms with Crippen molar-refractivity contribution >= 4 is 18.0 Å². The van der Waals surface area contributed by atoms with Gasteiger partial charge in [-0.1, -0.05) is 0 Å². The number of halogens is 5. The lowest BCUT2D eigenvalue weighted by molar-refractivity contribution is -0.138. The molecule has 2 amide bonds. The average Bonchev–Trinajstić information content (AvgIpc) is 3.14. The Hall–Kier alpha value is -3.05. The number of nitrogens with two attached hydrogens (primary N) is 1. The predicted molar refractivity (Wildman–Crippen MR) is 101 cm³/mol. The molecule has 2 aromatic heterocycles. The van der Waals surface area contributed by atoms with Crippen molar-refractivity contribution in [3.63, 3.8) is 0 Å². The van der Waals surface area contributed by atoms with Gasteiger partial charge < -0.3 is 11.1 Å². The fourth-order valence-corrected chi connectivity index (χ4v) is 3.54. The van der Waals surface area contributed by atoms with Crippen molar-refractivity contribution in [1.29, 1.82) is 0 Å². The standard InChI is InChI=1S/C18H19F5N4O.CH3NO/c1-10-5-13(8-24-7-10)25-16(28)15-14(18(21,22)23)11(2)26-27(15)9-12-3-4-17(19,20)6-12;2-1-3/h5,7-8,12H,3-4,6,9H2,1-2H3,(H,25,28);1H,(H2,2,3). The molecule has 12 heteroatoms. The molecular weight excluding hydrogens is 425 g/mol. The molecule has 1 aliphatic carbocycles. The normalized spacial score (nSPS) is 17.6. The summed E-state index contributed by atoms with van der Waals surface area (Å²) >= 11 is 0. The van der Waals surface area contributed by atoms with Crippen LogP contribution in [-0.2, 0) is 17.5 Å². The smallest absolute Gasteiger partial charge is 0.372 e. The Kier molecular flexibility index (Phi) is 7.34. The van der Waals surface area contributed by atoms with Crippen LogP contribution in [0.3, 0.4) is 0 Å². The molecule has 1 atom stereocenters. The quantitative estimate of drug-likeness (QED) is 0.551. The number of anilines is 1. The van der Waals surface area contributed by atoms with Gasteiger partial charge in [0.2, 0.25) is 12.3 Å². The third-order valence-electron chi connectivity index (χ3n) is 4.70. The van der Waals surface area contributed by atoms with E-state index in [1.807, 2.05) is 0 Å². The second-order valence-corrected chi connectivity index (χ2v) is 7.29. The molecule has 7 nitrogen and oxygen atoms in total. The number of rotatable bonds is 4. The number of primary amides is 1. The number of alkyl halides is 5. The van der Waals surface area contributed by atoms with Crippen molar-refractivity contribution in [3.8, 4) is 0 Å². The summed E-state index contributed by atoms with van der Waals surface area (Å²) in [5.74, 6) is -4.40. The van der Waals surface area contributed by atoms with Crippen LogP contribution in [0, 0.1) is 19.8 Å². The van der Waals surface area contributed by atoms with Gasteiger partial charge in [-0.05, 0) is 37.8 Å². The first-order chi connectivity index (χ1) is 14.4. The second kappa shape index (κ2) is 9.40. The van der Waals surface area contributed by atoms with E-state index in [-0.39, 0.29) is 37.2 Å². The van der Waals surface area contributed by atoms with E-state index in [0.717, 1.165) is 11.6 Å². The number of amides is 2. The topological polar surface area (TPSA) is 103 Å². The lowest BCUT2D eigenvalue weighted by atomic mass is 10.1. The number of hydrogen-bond donors (Lipinski definition) is 2. The van der Waals surface area contributed by atoms with Crippen LogP contribution in [0.4, 0.5) is 27.6 Å². The lowest BCUT2D eigenvalue weighted by Crippen LogP contribution is -2.24. The Bertz CT molecular complexity index is 942. The highest BCUT2D eigenvalue weighted by atomic mass is 19.4. The van der Waals surface area contributed by atoms with E-state index >= 15 is 0 Å². The van der Waals surface area contributed by atoms with E-state index in [0.29, 0.717) is 5.56 Å². The molecule has 2 aromatic rings. The Morgan fingerprint density at radius 2 is 2.00 bits per heavy atom. The SMILES string of the molecule is Cc1cncc(NC(=O)c2c(C(F)(F)F)c(C)nn2CC2CCC(F)(F)C2)c1.NC=O. The van der Waals surface area contributed by atoms with E-state index in [9.17, 15) is 26.7 Å². The van der Waals surface area contributed by atoms with Crippen LogP contribution in [-0.4, -0.2) is 33.0 Å². The molecular formula is C19H22F5N5O2. The highest BCUT2D eigenvalue weighted by Crippen LogP contribution is 2.41. The molecule has 2 heterocycles. The summed E-state index contributed by atoms with van der Waals surface area (Å²) < 4.78 is 68.5. The van der Waals surface area contributed by atoms with Gasteiger partial charge in [0, 0.05) is 25.6 Å². The summed E-state index contributed by atoms with van der Waals surface area (Å²) in [4.78, 5) is 25.1. The minimum absolute atomic E-state index is 0.163. The highest BCUT2D eigenvalue weighted by molar-refractivity contribution is 6.04. The first-order valence-electron chi connectivity index (χ1n) is 9.28. The van der Waals surface area contributed by atoms with Crippen LogP contribution in [0.5, 0.6) is 0 Å². The molecule has 31 heavy (non-hydrogen) atoms. The molecule has 3 N–H and O–H groups in total. The van der Waals surface area contributed by atoms with Gasteiger partial charge >= 0.3 is 6.18 Å². The van der Waals surface area contributed by atoms with Crippen LogP contribution in [0.15, 0.2) is 18.5 Å². The molecule has 0 bridgehead atoms. The van der Waals surface area contributed by atoms with Crippen molar-refractivity contribution in [2.75, 3.05) is 5.32 Å². The van der Waals surface area contributed by atoms with Crippen LogP contribution in [0.1, 0.15) is 46.6 Å². The summed E-state index contributed by atoms with van der Waals surface area (Å²) in [6.45, 7) is 2.69. The summed E-state index contributed by atoms with van der Waals surface area (Å²) in [6, 6.07) is 1.56. The Morgan fingerprint density at radius 1 is 1.35 bits per heavy atom. The van der Waals surface area contributed by atoms with E-state index in [2.05, 4.69) is 21.1 Å². The van der Waals surface area contributed by atoms with Gasteiger partial charge in [0.05, 0.1) is 17.6 Å². The van der Waals surface area contributed by atoms with Gasteiger partial charge in [-0.15, -0.1) is 0 Å². The van der Waals surface area contributed by atoms with E-state index in [1.165, 1.54) is 12.4 Å². The molecule has 0 aliphatic heterocycles. The van der Waals surface area contributed by atoms with Crippen molar-refractivity contribution in [2.24, 2.45) is 11.7 Å². The summed E-state index contributed by atoms with van der Waals surface area (Å²) in [7, 11) is 0. The minimum atomic E-state index is -4.81. The monoisotopic (exact) mass is 447 g/mol. The zero-order valence-electron chi connectivity index (χ0n) is 16.8. The average molecular weight is 447 g/mol. The third kappa shape index (κ3) is 6.22. The number of hydrogen-bond acceptors (Lipinski definition) is 4. The molecule has 170 valence electrons. The first kappa shape index (κ1) is 24.2. The fraction of sp³-hybridized carbons (Fsp3) is 0.474. The lowest BCUT2D eigenvalue weighted by Gasteiger charge is -2.15. The number of carbonyl (C=O) groups is 2. The highest BCUT2D eigenvalue weighted by Gasteiger charge is 2.43. The Morgan fingerprint density at radius 3 is 2.52 bits per heavy atom. The maximum Gasteiger partial charge on any atom is 0.420 e. The number of pyridine rings is 1. The van der Waals surface area contributed by atoms with Gasteiger partial charge in [0.1, 0.15) is 11.3 Å². The maximum atomic E-state index is 13.6. The van der Waals surface area contributed by atoms with Gasteiger partial charge in [0.15, 0.2) is 0 Å². The Balaban J connectivity index is 0.00000107. The number of nitrogens with zero attached hydrogens (tertiary/aromatic N) is 3. The molecule has 0 aromatic carbocycles. The number of carbonyl (C=O) groups excluding carboxylic acids is 2. The largest absolute Gasteiger partial charge is 0.420 e. The minimum Gasteiger partial charge on any atom is -0.372 e. The molecule has 0 radical (unpaired) electrons. The molecule has 1 unspecified atom stereocenters. The predicted octanol–water partition coefficient (Wildman–Crippen LogP) is 3.70. The van der Waals surface area contributed by atoms with Crippen LogP contribution in [0.25, 0.3) is 0 Å². The number of aryl methyl sites for hydroxylation is 2. The molecule has 1 fully saturated rings. The molecule has 0 saturated heterocycles. The van der Waals surface area contributed by atoms with Gasteiger partial charge in [0.25, 0.3) is 5.91 Å². The zero-order valence-corrected chi connectivity index (χ0v) is 16.8. The summed E-state index contributed by atoms with van der Waals surface area (Å²) in [5.41, 5.74) is 2.91. The maximum absolute atomic E-state index is 13.6. The molecule has 0 spiro atoms. The van der Waals surface area contributed by atoms with Crippen LogP contribution >= 0.6 is 0 Å². The third-order valence-corrected chi connectivity index (χ3v) is 4.70. The van der Waals surface area contributed by atoms with E-state index in [4.69, 9.17) is 4.79 Å². The fourth-order valence-electron chi connectivity index (χ4n) is 3.54. The molecule has 1 saturated carbocycles. The number of nitrogens with one attached hydrogen (secondary N) is 1. The van der Waals surface area contributed by atoms with Gasteiger partial charge in [-0.2, -0.15) is 18.3 Å².